The molecule has 5 heteroatoms. The van der Waals surface area contributed by atoms with E-state index in [2.05, 4.69) is 0 Å². The number of rotatable bonds is 2. The van der Waals surface area contributed by atoms with Crippen molar-refractivity contribution in [2.24, 2.45) is 0 Å². The lowest BCUT2D eigenvalue weighted by atomic mass is 10.1. The van der Waals surface area contributed by atoms with Crippen LogP contribution in [-0.4, -0.2) is 5.78 Å². The molecule has 0 saturated heterocycles. The Bertz CT molecular complexity index is 551. The highest BCUT2D eigenvalue weighted by Gasteiger charge is 2.18. The van der Waals surface area contributed by atoms with Crippen molar-refractivity contribution in [3.8, 4) is 0 Å². The normalized spacial score (nSPS) is 10.4. The minimum Gasteiger partial charge on any atom is -0.288 e. The lowest BCUT2D eigenvalue weighted by Crippen LogP contribution is -2.03. The summed E-state index contributed by atoms with van der Waals surface area (Å²) in [6, 6.07) is 4.39. The van der Waals surface area contributed by atoms with Gasteiger partial charge in [0.2, 0.25) is 5.78 Å². The van der Waals surface area contributed by atoms with Crippen molar-refractivity contribution in [1.29, 1.82) is 0 Å². The minimum absolute atomic E-state index is 0.175. The molecule has 1 heterocycles. The largest absolute Gasteiger partial charge is 0.288 e. The first-order chi connectivity index (χ1) is 7.59. The van der Waals surface area contributed by atoms with E-state index in [9.17, 15) is 13.6 Å². The van der Waals surface area contributed by atoms with E-state index in [0.717, 1.165) is 23.5 Å². The van der Waals surface area contributed by atoms with Gasteiger partial charge in [0, 0.05) is 6.07 Å². The summed E-state index contributed by atoms with van der Waals surface area (Å²) < 4.78 is 26.0. The second-order valence-corrected chi connectivity index (χ2v) is 4.37. The number of hydrogen-bond acceptors (Lipinski definition) is 2. The molecule has 16 heavy (non-hydrogen) atoms. The highest BCUT2D eigenvalue weighted by molar-refractivity contribution is 7.13. The van der Waals surface area contributed by atoms with E-state index in [1.165, 1.54) is 0 Å². The van der Waals surface area contributed by atoms with Crippen molar-refractivity contribution in [1.82, 2.24) is 0 Å². The summed E-state index contributed by atoms with van der Waals surface area (Å²) in [5.74, 6) is -2.13. The number of carbonyl (C=O) groups is 1. The van der Waals surface area contributed by atoms with Gasteiger partial charge in [-0.25, -0.2) is 8.78 Å². The molecule has 2 aromatic rings. The maximum atomic E-state index is 13.3. The van der Waals surface area contributed by atoms with E-state index in [1.807, 2.05) is 0 Å². The molecular weight excluding hydrogens is 254 g/mol. The van der Waals surface area contributed by atoms with E-state index in [1.54, 1.807) is 11.4 Å². The van der Waals surface area contributed by atoms with Crippen molar-refractivity contribution >= 4 is 28.7 Å². The second kappa shape index (κ2) is 4.31. The molecule has 0 N–H and O–H groups in total. The molecule has 0 saturated carbocycles. The first-order valence-electron chi connectivity index (χ1n) is 4.32. The molecule has 1 nitrogen and oxygen atoms in total. The fourth-order valence-corrected chi connectivity index (χ4v) is 2.35. The van der Waals surface area contributed by atoms with Gasteiger partial charge in [-0.1, -0.05) is 11.6 Å². The third-order valence-electron chi connectivity index (χ3n) is 2.00. The van der Waals surface area contributed by atoms with Crippen molar-refractivity contribution in [3.05, 3.63) is 56.7 Å². The summed E-state index contributed by atoms with van der Waals surface area (Å²) in [6.07, 6.45) is 0. The van der Waals surface area contributed by atoms with Crippen LogP contribution in [-0.2, 0) is 0 Å². The predicted octanol–water partition coefficient (Wildman–Crippen LogP) is 3.91. The number of carbonyl (C=O) groups excluding carboxylic acids is 1. The molecule has 0 bridgehead atoms. The molecule has 82 valence electrons. The molecule has 1 aromatic carbocycles. The molecule has 0 aliphatic heterocycles. The van der Waals surface area contributed by atoms with E-state index in [-0.39, 0.29) is 15.5 Å². The number of benzene rings is 1. The fourth-order valence-electron chi connectivity index (χ4n) is 1.25. The monoisotopic (exact) mass is 258 g/mol. The highest BCUT2D eigenvalue weighted by Crippen LogP contribution is 2.26. The van der Waals surface area contributed by atoms with Crippen LogP contribution < -0.4 is 0 Å². The summed E-state index contributed by atoms with van der Waals surface area (Å²) in [7, 11) is 0. The van der Waals surface area contributed by atoms with Gasteiger partial charge in [-0.3, -0.25) is 4.79 Å². The molecule has 0 aliphatic rings. The molecule has 1 aromatic heterocycles. The van der Waals surface area contributed by atoms with E-state index in [4.69, 9.17) is 11.6 Å². The van der Waals surface area contributed by atoms with Gasteiger partial charge in [-0.15, -0.1) is 11.3 Å². The highest BCUT2D eigenvalue weighted by atomic mass is 35.5. The SMILES string of the molecule is O=C(c1ccc(F)cc1F)c1sccc1Cl. The van der Waals surface area contributed by atoms with Crippen LogP contribution in [0.15, 0.2) is 29.6 Å². The molecular formula is C11H5ClF2OS. The van der Waals surface area contributed by atoms with Crippen molar-refractivity contribution < 1.29 is 13.6 Å². The third kappa shape index (κ3) is 1.99. The average Bonchev–Trinajstić information content (AvgIpc) is 2.63. The molecule has 0 radical (unpaired) electrons. The Kier molecular flexibility index (Phi) is 3.03. The van der Waals surface area contributed by atoms with Crippen molar-refractivity contribution in [2.75, 3.05) is 0 Å². The molecule has 0 atom stereocenters. The Labute approximate surface area is 99.3 Å². The quantitative estimate of drug-likeness (QED) is 0.747. The summed E-state index contributed by atoms with van der Waals surface area (Å²) in [6.45, 7) is 0. The van der Waals surface area contributed by atoms with Crippen LogP contribution in [0, 0.1) is 11.6 Å². The molecule has 0 aliphatic carbocycles. The zero-order chi connectivity index (χ0) is 11.7. The van der Waals surface area contributed by atoms with Crippen LogP contribution in [0.2, 0.25) is 5.02 Å². The first kappa shape index (κ1) is 11.2. The van der Waals surface area contributed by atoms with Gasteiger partial charge in [0.15, 0.2) is 0 Å². The molecule has 0 spiro atoms. The number of ketones is 1. The van der Waals surface area contributed by atoms with Crippen LogP contribution in [0.25, 0.3) is 0 Å². The number of thiophene rings is 1. The van der Waals surface area contributed by atoms with Gasteiger partial charge in [0.05, 0.1) is 15.5 Å². The first-order valence-corrected chi connectivity index (χ1v) is 5.58. The van der Waals surface area contributed by atoms with Crippen LogP contribution in [0.1, 0.15) is 15.2 Å². The maximum Gasteiger partial charge on any atom is 0.207 e. The standard InChI is InChI=1S/C11H5ClF2OS/c12-8-3-4-16-11(8)10(15)7-2-1-6(13)5-9(7)14/h1-5H. The van der Waals surface area contributed by atoms with Crippen molar-refractivity contribution in [2.45, 2.75) is 0 Å². The van der Waals surface area contributed by atoms with E-state index >= 15 is 0 Å². The van der Waals surface area contributed by atoms with Crippen molar-refractivity contribution in [3.63, 3.8) is 0 Å². The van der Waals surface area contributed by atoms with Gasteiger partial charge in [-0.05, 0) is 23.6 Å². The Morgan fingerprint density at radius 3 is 2.56 bits per heavy atom. The molecule has 0 amide bonds. The third-order valence-corrected chi connectivity index (χ3v) is 3.34. The molecule has 0 fully saturated rings. The Hall–Kier alpha value is -1.26. The maximum absolute atomic E-state index is 13.3. The zero-order valence-corrected chi connectivity index (χ0v) is 9.41. The van der Waals surface area contributed by atoms with Gasteiger partial charge >= 0.3 is 0 Å². The summed E-state index contributed by atoms with van der Waals surface area (Å²) in [5.41, 5.74) is -0.175. The summed E-state index contributed by atoms with van der Waals surface area (Å²) >= 11 is 6.88. The van der Waals surface area contributed by atoms with Crippen LogP contribution in [0.3, 0.4) is 0 Å². The topological polar surface area (TPSA) is 17.1 Å². The lowest BCUT2D eigenvalue weighted by Gasteiger charge is -2.01. The Morgan fingerprint density at radius 1 is 1.25 bits per heavy atom. The molecule has 2 rings (SSSR count). The fraction of sp³-hybridized carbons (Fsp3) is 0. The summed E-state index contributed by atoms with van der Waals surface area (Å²) in [4.78, 5) is 12.1. The van der Waals surface area contributed by atoms with Gasteiger partial charge in [0.1, 0.15) is 11.6 Å². The molecule has 0 unspecified atom stereocenters. The van der Waals surface area contributed by atoms with Crippen LogP contribution in [0.4, 0.5) is 8.78 Å². The van der Waals surface area contributed by atoms with Gasteiger partial charge in [-0.2, -0.15) is 0 Å². The summed E-state index contributed by atoms with van der Waals surface area (Å²) in [5, 5.41) is 1.91. The number of halogens is 3. The number of hydrogen-bond donors (Lipinski definition) is 0. The Balaban J connectivity index is 2.46. The average molecular weight is 259 g/mol. The zero-order valence-electron chi connectivity index (χ0n) is 7.84. The van der Waals surface area contributed by atoms with Crippen LogP contribution in [0.5, 0.6) is 0 Å². The minimum atomic E-state index is -0.880. The van der Waals surface area contributed by atoms with E-state index < -0.39 is 17.4 Å². The Morgan fingerprint density at radius 2 is 2.00 bits per heavy atom. The predicted molar refractivity (Wildman–Crippen MR) is 59.1 cm³/mol. The van der Waals surface area contributed by atoms with Gasteiger partial charge in [0.25, 0.3) is 0 Å². The van der Waals surface area contributed by atoms with Crippen LogP contribution >= 0.6 is 22.9 Å². The second-order valence-electron chi connectivity index (χ2n) is 3.05. The van der Waals surface area contributed by atoms with Gasteiger partial charge < -0.3 is 0 Å². The lowest BCUT2D eigenvalue weighted by molar-refractivity contribution is 0.103. The van der Waals surface area contributed by atoms with E-state index in [0.29, 0.717) is 6.07 Å². The smallest absolute Gasteiger partial charge is 0.207 e.